The highest BCUT2D eigenvalue weighted by Crippen LogP contribution is 2.16. The van der Waals surface area contributed by atoms with E-state index in [2.05, 4.69) is 15.0 Å². The molecule has 3 rings (SSSR count). The number of rotatable bonds is 4. The Bertz CT molecular complexity index is 910. The fraction of sp³-hybridized carbons (Fsp3) is 0.133. The summed E-state index contributed by atoms with van der Waals surface area (Å²) in [7, 11) is 0. The van der Waals surface area contributed by atoms with Gasteiger partial charge in [-0.25, -0.2) is 0 Å². The van der Waals surface area contributed by atoms with Crippen LogP contribution in [-0.4, -0.2) is 20.9 Å². The summed E-state index contributed by atoms with van der Waals surface area (Å²) >= 11 is 0. The average molecular weight is 297 g/mol. The zero-order chi connectivity index (χ0) is 15.7. The third-order valence-electron chi connectivity index (χ3n) is 3.54. The van der Waals surface area contributed by atoms with Crippen LogP contribution in [-0.2, 0) is 12.8 Å². The van der Waals surface area contributed by atoms with E-state index >= 15 is 0 Å². The van der Waals surface area contributed by atoms with Crippen LogP contribution in [0.3, 0.4) is 0 Å². The second kappa shape index (κ2) is 5.36. The highest BCUT2D eigenvalue weighted by molar-refractivity contribution is 5.92. The molecule has 7 nitrogen and oxygen atoms in total. The Kier molecular flexibility index (Phi) is 3.38. The number of aromatic amines is 2. The molecule has 0 bridgehead atoms. The predicted molar refractivity (Wildman–Crippen MR) is 83.5 cm³/mol. The highest BCUT2D eigenvalue weighted by Gasteiger charge is 2.10. The molecule has 2 aromatic heterocycles. The van der Waals surface area contributed by atoms with Crippen LogP contribution in [0.5, 0.6) is 0 Å². The number of hydrogen-bond donors (Lipinski definition) is 4. The Balaban J connectivity index is 1.87. The zero-order valence-corrected chi connectivity index (χ0v) is 11.7. The molecule has 3 aromatic rings. The lowest BCUT2D eigenvalue weighted by Crippen LogP contribution is -2.12. The number of benzene rings is 1. The van der Waals surface area contributed by atoms with Crippen molar-refractivity contribution in [2.45, 2.75) is 12.8 Å². The van der Waals surface area contributed by atoms with Crippen molar-refractivity contribution < 1.29 is 4.79 Å². The third-order valence-corrected chi connectivity index (χ3v) is 3.54. The van der Waals surface area contributed by atoms with Crippen LogP contribution in [0.4, 0.5) is 5.95 Å². The molecular weight excluding hydrogens is 282 g/mol. The topological polar surface area (TPSA) is 131 Å². The van der Waals surface area contributed by atoms with Crippen molar-refractivity contribution in [3.8, 4) is 0 Å². The van der Waals surface area contributed by atoms with Crippen LogP contribution < -0.4 is 17.0 Å². The SMILES string of the molecule is NC(=O)c1cccc(CCc2c[nH]c3nc(N)[nH]c(=O)c23)c1. The lowest BCUT2D eigenvalue weighted by atomic mass is 10.0. The lowest BCUT2D eigenvalue weighted by Gasteiger charge is -2.03. The molecule has 0 spiro atoms. The number of carbonyl (C=O) groups is 1. The van der Waals surface area contributed by atoms with Gasteiger partial charge in [-0.3, -0.25) is 14.6 Å². The van der Waals surface area contributed by atoms with Gasteiger partial charge in [0.15, 0.2) is 0 Å². The average Bonchev–Trinajstić information content (AvgIpc) is 2.88. The summed E-state index contributed by atoms with van der Waals surface area (Å²) in [5.74, 6) is -0.370. The predicted octanol–water partition coefficient (Wildman–Crippen LogP) is 0.717. The van der Waals surface area contributed by atoms with E-state index in [1.54, 1.807) is 24.4 Å². The van der Waals surface area contributed by atoms with E-state index in [1.807, 2.05) is 6.07 Å². The van der Waals surface area contributed by atoms with E-state index in [-0.39, 0.29) is 11.5 Å². The van der Waals surface area contributed by atoms with Gasteiger partial charge in [-0.2, -0.15) is 4.98 Å². The van der Waals surface area contributed by atoms with Crippen LogP contribution >= 0.6 is 0 Å². The lowest BCUT2D eigenvalue weighted by molar-refractivity contribution is 0.1000. The standard InChI is InChI=1S/C15H15N5O2/c16-12(21)9-3-1-2-8(6-9)4-5-10-7-18-13-11(10)14(22)20-15(17)19-13/h1-3,6-7H,4-5H2,(H2,16,21)(H4,17,18,19,20,22). The third kappa shape index (κ3) is 2.56. The Hall–Kier alpha value is -3.09. The van der Waals surface area contributed by atoms with Gasteiger partial charge < -0.3 is 16.5 Å². The molecule has 0 radical (unpaired) electrons. The molecule has 7 heteroatoms. The normalized spacial score (nSPS) is 10.9. The Labute approximate surface area is 125 Å². The van der Waals surface area contributed by atoms with E-state index < -0.39 is 5.91 Å². The maximum Gasteiger partial charge on any atom is 0.262 e. The molecular formula is C15H15N5O2. The molecule has 0 unspecified atom stereocenters. The molecule has 0 atom stereocenters. The number of nitrogens with two attached hydrogens (primary N) is 2. The monoisotopic (exact) mass is 297 g/mol. The van der Waals surface area contributed by atoms with Crippen LogP contribution in [0, 0.1) is 0 Å². The summed E-state index contributed by atoms with van der Waals surface area (Å²) in [4.78, 5) is 32.7. The van der Waals surface area contributed by atoms with Crippen LogP contribution in [0.15, 0.2) is 35.3 Å². The first-order valence-corrected chi connectivity index (χ1v) is 6.79. The fourth-order valence-corrected chi connectivity index (χ4v) is 2.48. The summed E-state index contributed by atoms with van der Waals surface area (Å²) in [6, 6.07) is 7.15. The van der Waals surface area contributed by atoms with Crippen molar-refractivity contribution in [1.82, 2.24) is 15.0 Å². The first-order chi connectivity index (χ1) is 10.5. The summed E-state index contributed by atoms with van der Waals surface area (Å²) in [6.45, 7) is 0. The summed E-state index contributed by atoms with van der Waals surface area (Å²) in [5, 5.41) is 0.514. The Morgan fingerprint density at radius 1 is 1.27 bits per heavy atom. The number of nitrogen functional groups attached to an aromatic ring is 1. The molecule has 0 fully saturated rings. The minimum absolute atomic E-state index is 0.0834. The van der Waals surface area contributed by atoms with Crippen molar-refractivity contribution in [2.24, 2.45) is 5.73 Å². The van der Waals surface area contributed by atoms with Gasteiger partial charge in [0.2, 0.25) is 11.9 Å². The summed E-state index contributed by atoms with van der Waals surface area (Å²) in [5.41, 5.74) is 13.3. The first kappa shape index (κ1) is 13.9. The van der Waals surface area contributed by atoms with Gasteiger partial charge in [-0.05, 0) is 36.1 Å². The number of aromatic nitrogens is 3. The van der Waals surface area contributed by atoms with Crippen molar-refractivity contribution in [3.05, 3.63) is 57.5 Å². The Morgan fingerprint density at radius 2 is 2.09 bits per heavy atom. The maximum absolute atomic E-state index is 12.0. The largest absolute Gasteiger partial charge is 0.369 e. The molecule has 0 aliphatic heterocycles. The van der Waals surface area contributed by atoms with Gasteiger partial charge >= 0.3 is 0 Å². The minimum atomic E-state index is -0.454. The smallest absolute Gasteiger partial charge is 0.262 e. The number of hydrogen-bond acceptors (Lipinski definition) is 4. The van der Waals surface area contributed by atoms with Crippen molar-refractivity contribution >= 4 is 22.9 Å². The second-order valence-electron chi connectivity index (χ2n) is 5.05. The number of nitrogens with one attached hydrogen (secondary N) is 2. The first-order valence-electron chi connectivity index (χ1n) is 6.79. The molecule has 2 heterocycles. The van der Waals surface area contributed by atoms with Crippen LogP contribution in [0.1, 0.15) is 21.5 Å². The molecule has 1 amide bonds. The number of H-pyrrole nitrogens is 2. The summed E-state index contributed by atoms with van der Waals surface area (Å²) < 4.78 is 0. The Morgan fingerprint density at radius 3 is 2.86 bits per heavy atom. The van der Waals surface area contributed by atoms with Gasteiger partial charge in [0.05, 0.1) is 5.39 Å². The number of primary amides is 1. The van der Waals surface area contributed by atoms with Gasteiger partial charge in [-0.15, -0.1) is 0 Å². The molecule has 22 heavy (non-hydrogen) atoms. The molecule has 0 aliphatic rings. The number of anilines is 1. The zero-order valence-electron chi connectivity index (χ0n) is 11.7. The minimum Gasteiger partial charge on any atom is -0.369 e. The quantitative estimate of drug-likeness (QED) is 0.565. The van der Waals surface area contributed by atoms with Crippen molar-refractivity contribution in [1.29, 1.82) is 0 Å². The summed E-state index contributed by atoms with van der Waals surface area (Å²) in [6.07, 6.45) is 3.07. The number of nitrogens with zero attached hydrogens (tertiary/aromatic N) is 1. The van der Waals surface area contributed by atoms with E-state index in [9.17, 15) is 9.59 Å². The van der Waals surface area contributed by atoms with Gasteiger partial charge in [-0.1, -0.05) is 12.1 Å². The fourth-order valence-electron chi connectivity index (χ4n) is 2.48. The van der Waals surface area contributed by atoms with E-state index in [1.165, 1.54) is 0 Å². The van der Waals surface area contributed by atoms with Gasteiger partial charge in [0.1, 0.15) is 5.65 Å². The molecule has 0 aliphatic carbocycles. The van der Waals surface area contributed by atoms with Gasteiger partial charge in [0.25, 0.3) is 5.56 Å². The van der Waals surface area contributed by atoms with E-state index in [0.717, 1.165) is 11.1 Å². The van der Waals surface area contributed by atoms with Crippen LogP contribution in [0.25, 0.3) is 11.0 Å². The number of aryl methyl sites for hydroxylation is 2. The number of carbonyl (C=O) groups excluding carboxylic acids is 1. The molecule has 6 N–H and O–H groups in total. The molecule has 112 valence electrons. The molecule has 0 saturated heterocycles. The van der Waals surface area contributed by atoms with Crippen molar-refractivity contribution in [3.63, 3.8) is 0 Å². The van der Waals surface area contributed by atoms with Crippen molar-refractivity contribution in [2.75, 3.05) is 5.73 Å². The second-order valence-corrected chi connectivity index (χ2v) is 5.05. The molecule has 0 saturated carbocycles. The van der Waals surface area contributed by atoms with Crippen LogP contribution in [0.2, 0.25) is 0 Å². The molecule has 1 aromatic carbocycles. The highest BCUT2D eigenvalue weighted by atomic mass is 16.1. The van der Waals surface area contributed by atoms with E-state index in [4.69, 9.17) is 11.5 Å². The van der Waals surface area contributed by atoms with E-state index in [0.29, 0.717) is 29.4 Å². The number of amides is 1. The number of fused-ring (bicyclic) bond motifs is 1. The van der Waals surface area contributed by atoms with Gasteiger partial charge in [0, 0.05) is 11.8 Å². The maximum atomic E-state index is 12.0.